The van der Waals surface area contributed by atoms with Crippen LogP contribution >= 0.6 is 34.3 Å². The van der Waals surface area contributed by atoms with Crippen molar-refractivity contribution in [3.8, 4) is 27.2 Å². The van der Waals surface area contributed by atoms with E-state index in [9.17, 15) is 0 Å². The third-order valence-electron chi connectivity index (χ3n) is 4.44. The highest BCUT2D eigenvalue weighted by molar-refractivity contribution is 7.20. The van der Waals surface area contributed by atoms with Gasteiger partial charge < -0.3 is 14.0 Å². The van der Waals surface area contributed by atoms with E-state index in [1.54, 1.807) is 29.8 Å². The van der Waals surface area contributed by atoms with Crippen molar-refractivity contribution in [1.82, 2.24) is 9.55 Å². The fraction of sp³-hybridized carbons (Fsp3) is 0.227. The van der Waals surface area contributed by atoms with E-state index >= 15 is 0 Å². The molecule has 3 heterocycles. The number of hydrogen-bond donors (Lipinski definition) is 0. The molecular weight excluding hydrogens is 424 g/mol. The zero-order valence-electron chi connectivity index (χ0n) is 16.0. The fourth-order valence-corrected chi connectivity index (χ4v) is 5.23. The van der Waals surface area contributed by atoms with Gasteiger partial charge in [0.15, 0.2) is 16.6 Å². The highest BCUT2D eigenvalue weighted by Crippen LogP contribution is 2.37. The summed E-state index contributed by atoms with van der Waals surface area (Å²) in [5, 5.41) is 0.981. The number of hydrogen-bond acceptors (Lipinski definition) is 5. The number of para-hydroxylation sites is 2. The molecule has 0 aliphatic heterocycles. The molecule has 0 bridgehead atoms. The summed E-state index contributed by atoms with van der Waals surface area (Å²) >= 11 is 9.47. The van der Waals surface area contributed by atoms with Crippen molar-refractivity contribution in [2.75, 3.05) is 13.7 Å². The third kappa shape index (κ3) is 4.83. The van der Waals surface area contributed by atoms with Crippen molar-refractivity contribution in [2.24, 2.45) is 0 Å². The summed E-state index contributed by atoms with van der Waals surface area (Å²) in [6.45, 7) is 0.657. The van der Waals surface area contributed by atoms with E-state index in [0.717, 1.165) is 50.8 Å². The Kier molecular flexibility index (Phi) is 6.54. The second kappa shape index (κ2) is 9.48. The number of halogens is 1. The lowest BCUT2D eigenvalue weighted by molar-refractivity contribution is 0.286. The summed E-state index contributed by atoms with van der Waals surface area (Å²) < 4.78 is 14.1. The first-order valence-corrected chi connectivity index (χ1v) is 11.4. The quantitative estimate of drug-likeness (QED) is 0.268. The van der Waals surface area contributed by atoms with Crippen molar-refractivity contribution < 1.29 is 9.47 Å². The molecule has 0 amide bonds. The lowest BCUT2D eigenvalue weighted by Gasteiger charge is -2.10. The first-order valence-electron chi connectivity index (χ1n) is 9.39. The molecule has 0 saturated carbocycles. The monoisotopic (exact) mass is 444 g/mol. The summed E-state index contributed by atoms with van der Waals surface area (Å²) in [4.78, 5) is 7.29. The SMILES string of the molecule is COc1ccccc1OCCCCc1sc(-n2cccc2)nc1-c1ccc(Cl)s1. The summed E-state index contributed by atoms with van der Waals surface area (Å²) in [6, 6.07) is 15.7. The molecule has 150 valence electrons. The molecule has 0 unspecified atom stereocenters. The van der Waals surface area contributed by atoms with E-state index in [-0.39, 0.29) is 0 Å². The predicted octanol–water partition coefficient (Wildman–Crippen LogP) is 6.73. The second-order valence-corrected chi connectivity index (χ2v) is 9.20. The molecule has 4 aromatic rings. The third-order valence-corrected chi connectivity index (χ3v) is 6.81. The first kappa shape index (κ1) is 20.0. The van der Waals surface area contributed by atoms with E-state index in [1.807, 2.05) is 54.9 Å². The normalized spacial score (nSPS) is 11.0. The van der Waals surface area contributed by atoms with Crippen LogP contribution in [0.4, 0.5) is 0 Å². The van der Waals surface area contributed by atoms with Gasteiger partial charge in [0, 0.05) is 17.3 Å². The van der Waals surface area contributed by atoms with E-state index in [4.69, 9.17) is 26.1 Å². The molecule has 0 aliphatic carbocycles. The Balaban J connectivity index is 1.41. The zero-order chi connectivity index (χ0) is 20.1. The maximum absolute atomic E-state index is 6.16. The Morgan fingerprint density at radius 3 is 2.48 bits per heavy atom. The number of thiazole rings is 1. The molecule has 0 atom stereocenters. The summed E-state index contributed by atoms with van der Waals surface area (Å²) in [6.07, 6.45) is 6.98. The van der Waals surface area contributed by atoms with Crippen LogP contribution in [0.5, 0.6) is 11.5 Å². The molecule has 0 radical (unpaired) electrons. The minimum Gasteiger partial charge on any atom is -0.493 e. The van der Waals surface area contributed by atoms with E-state index in [2.05, 4.69) is 10.6 Å². The zero-order valence-corrected chi connectivity index (χ0v) is 18.4. The number of thiophene rings is 1. The van der Waals surface area contributed by atoms with Gasteiger partial charge in [-0.25, -0.2) is 4.98 Å². The number of nitrogens with zero attached hydrogens (tertiary/aromatic N) is 2. The Morgan fingerprint density at radius 1 is 0.966 bits per heavy atom. The van der Waals surface area contributed by atoms with E-state index in [1.165, 1.54) is 4.88 Å². The standard InChI is InChI=1S/C22H21ClN2O2S2/c1-26-16-8-2-3-9-17(16)27-15-7-4-10-18-21(19-11-12-20(23)28-19)24-22(29-18)25-13-5-6-14-25/h2-3,5-6,8-9,11-14H,4,7,10,15H2,1H3. The van der Waals surface area contributed by atoms with Crippen LogP contribution in [-0.4, -0.2) is 23.3 Å². The van der Waals surface area contributed by atoms with Crippen LogP contribution in [0.2, 0.25) is 4.34 Å². The molecule has 4 rings (SSSR count). The lowest BCUT2D eigenvalue weighted by Crippen LogP contribution is -2.00. The molecule has 7 heteroatoms. The molecule has 0 fully saturated rings. The van der Waals surface area contributed by atoms with E-state index < -0.39 is 0 Å². The van der Waals surface area contributed by atoms with Gasteiger partial charge >= 0.3 is 0 Å². The van der Waals surface area contributed by atoms with Gasteiger partial charge in [0.1, 0.15) is 0 Å². The smallest absolute Gasteiger partial charge is 0.194 e. The summed E-state index contributed by atoms with van der Waals surface area (Å²) in [7, 11) is 1.66. The molecule has 1 aromatic carbocycles. The number of ether oxygens (including phenoxy) is 2. The molecule has 0 spiro atoms. The lowest BCUT2D eigenvalue weighted by atomic mass is 10.2. The molecular formula is C22H21ClN2O2S2. The van der Waals surface area contributed by atoms with Crippen molar-refractivity contribution in [1.29, 1.82) is 0 Å². The van der Waals surface area contributed by atoms with Crippen molar-refractivity contribution in [2.45, 2.75) is 19.3 Å². The number of aryl methyl sites for hydroxylation is 1. The molecule has 4 nitrogen and oxygen atoms in total. The number of aromatic nitrogens is 2. The fourth-order valence-electron chi connectivity index (χ4n) is 3.02. The Hall–Kier alpha value is -2.28. The van der Waals surface area contributed by atoms with Crippen LogP contribution in [0.3, 0.4) is 0 Å². The maximum Gasteiger partial charge on any atom is 0.194 e. The van der Waals surface area contributed by atoms with Crippen LogP contribution in [-0.2, 0) is 6.42 Å². The Labute approximate surface area is 183 Å². The number of rotatable bonds is 9. The van der Waals surface area contributed by atoms with Gasteiger partial charge in [0.25, 0.3) is 0 Å². The van der Waals surface area contributed by atoms with Gasteiger partial charge in [0.2, 0.25) is 0 Å². The van der Waals surface area contributed by atoms with Crippen molar-refractivity contribution in [3.63, 3.8) is 0 Å². The predicted molar refractivity (Wildman–Crippen MR) is 121 cm³/mol. The number of unbranched alkanes of at least 4 members (excludes halogenated alkanes) is 1. The molecule has 0 aliphatic rings. The number of benzene rings is 1. The van der Waals surface area contributed by atoms with Crippen LogP contribution in [0.15, 0.2) is 60.9 Å². The topological polar surface area (TPSA) is 36.3 Å². The van der Waals surface area contributed by atoms with Crippen molar-refractivity contribution in [3.05, 3.63) is 70.1 Å². The van der Waals surface area contributed by atoms with Gasteiger partial charge in [-0.2, -0.15) is 0 Å². The summed E-state index contributed by atoms with van der Waals surface area (Å²) in [5.41, 5.74) is 1.04. The Bertz CT molecular complexity index is 1060. The molecule has 0 N–H and O–H groups in total. The van der Waals surface area contributed by atoms with Gasteiger partial charge in [0.05, 0.1) is 28.6 Å². The minimum atomic E-state index is 0.657. The van der Waals surface area contributed by atoms with E-state index in [0.29, 0.717) is 6.61 Å². The van der Waals surface area contributed by atoms with Crippen LogP contribution in [0.25, 0.3) is 15.7 Å². The van der Waals surface area contributed by atoms with Crippen LogP contribution in [0.1, 0.15) is 17.7 Å². The average Bonchev–Trinajstić information content (AvgIpc) is 3.48. The minimum absolute atomic E-state index is 0.657. The van der Waals surface area contributed by atoms with Crippen molar-refractivity contribution >= 4 is 34.3 Å². The molecule has 29 heavy (non-hydrogen) atoms. The highest BCUT2D eigenvalue weighted by atomic mass is 35.5. The van der Waals surface area contributed by atoms with Gasteiger partial charge in [-0.15, -0.1) is 22.7 Å². The largest absolute Gasteiger partial charge is 0.493 e. The van der Waals surface area contributed by atoms with Crippen LogP contribution < -0.4 is 9.47 Å². The highest BCUT2D eigenvalue weighted by Gasteiger charge is 2.15. The van der Waals surface area contributed by atoms with Gasteiger partial charge in [-0.3, -0.25) is 0 Å². The summed E-state index contributed by atoms with van der Waals surface area (Å²) in [5.74, 6) is 1.56. The maximum atomic E-state index is 6.16. The Morgan fingerprint density at radius 2 is 1.76 bits per heavy atom. The first-order chi connectivity index (χ1) is 14.2. The van der Waals surface area contributed by atoms with Gasteiger partial charge in [-0.1, -0.05) is 23.7 Å². The van der Waals surface area contributed by atoms with Crippen LogP contribution in [0, 0.1) is 0 Å². The molecule has 3 aromatic heterocycles. The number of methoxy groups -OCH3 is 1. The molecule has 0 saturated heterocycles. The second-order valence-electron chi connectivity index (χ2n) is 6.42. The van der Waals surface area contributed by atoms with Gasteiger partial charge in [-0.05, 0) is 55.7 Å². The average molecular weight is 445 g/mol.